The van der Waals surface area contributed by atoms with Gasteiger partial charge in [0.15, 0.2) is 5.69 Å². The molecule has 1 fully saturated rings. The molecule has 1 aliphatic heterocycles. The Balaban J connectivity index is 1.48. The standard InChI is InChI=1S/C20H29N5O2/c1-20(2,3)25-15-18(22-23-25)19(26)21-16-7-9-17(10-8-16)27-14-13-24-11-5-4-6-12-24/h7-10,15H,4-6,11-14H2,1-3H3,(H,21,26). The van der Waals surface area contributed by atoms with Crippen molar-refractivity contribution in [1.82, 2.24) is 19.9 Å². The summed E-state index contributed by atoms with van der Waals surface area (Å²) in [6.07, 6.45) is 5.58. The number of nitrogens with zero attached hydrogens (tertiary/aromatic N) is 4. The van der Waals surface area contributed by atoms with E-state index in [1.165, 1.54) is 32.4 Å². The predicted molar refractivity (Wildman–Crippen MR) is 105 cm³/mol. The molecule has 1 amide bonds. The Bertz CT molecular complexity index is 742. The molecule has 1 aliphatic rings. The van der Waals surface area contributed by atoms with E-state index in [0.29, 0.717) is 18.0 Å². The van der Waals surface area contributed by atoms with Crippen LogP contribution in [0.2, 0.25) is 0 Å². The van der Waals surface area contributed by atoms with Crippen LogP contribution in [0.3, 0.4) is 0 Å². The molecule has 0 spiro atoms. The molecule has 0 saturated carbocycles. The summed E-state index contributed by atoms with van der Waals surface area (Å²) in [5, 5.41) is 10.8. The number of nitrogens with one attached hydrogen (secondary N) is 1. The molecule has 0 bridgehead atoms. The van der Waals surface area contributed by atoms with Crippen molar-refractivity contribution in [1.29, 1.82) is 0 Å². The maximum absolute atomic E-state index is 12.3. The number of carbonyl (C=O) groups excluding carboxylic acids is 1. The van der Waals surface area contributed by atoms with Crippen molar-refractivity contribution in [3.05, 3.63) is 36.2 Å². The lowest BCUT2D eigenvalue weighted by atomic mass is 10.1. The number of piperidine rings is 1. The second-order valence-corrected chi connectivity index (χ2v) is 7.95. The van der Waals surface area contributed by atoms with Crippen LogP contribution in [-0.4, -0.2) is 52.0 Å². The minimum absolute atomic E-state index is 0.210. The fourth-order valence-corrected chi connectivity index (χ4v) is 3.00. The Labute approximate surface area is 160 Å². The number of anilines is 1. The third-order valence-electron chi connectivity index (χ3n) is 4.65. The minimum atomic E-state index is -0.274. The van der Waals surface area contributed by atoms with Gasteiger partial charge in [0.2, 0.25) is 0 Å². The molecule has 1 saturated heterocycles. The molecule has 0 atom stereocenters. The first kappa shape index (κ1) is 19.4. The molecule has 3 rings (SSSR count). The number of amides is 1. The molecule has 2 aromatic rings. The number of benzene rings is 1. The zero-order valence-electron chi connectivity index (χ0n) is 16.4. The molecule has 0 aliphatic carbocycles. The van der Waals surface area contributed by atoms with Gasteiger partial charge >= 0.3 is 0 Å². The van der Waals surface area contributed by atoms with E-state index in [9.17, 15) is 4.79 Å². The van der Waals surface area contributed by atoms with E-state index in [2.05, 4.69) is 20.5 Å². The molecular formula is C20H29N5O2. The summed E-state index contributed by atoms with van der Waals surface area (Å²) in [6, 6.07) is 7.42. The number of hydrogen-bond acceptors (Lipinski definition) is 5. The predicted octanol–water partition coefficient (Wildman–Crippen LogP) is 3.15. The Kier molecular flexibility index (Phi) is 6.11. The van der Waals surface area contributed by atoms with E-state index in [4.69, 9.17) is 4.74 Å². The fraction of sp³-hybridized carbons (Fsp3) is 0.550. The van der Waals surface area contributed by atoms with Crippen molar-refractivity contribution in [2.45, 2.75) is 45.6 Å². The Morgan fingerprint density at radius 3 is 2.48 bits per heavy atom. The van der Waals surface area contributed by atoms with Crippen LogP contribution in [0.4, 0.5) is 5.69 Å². The van der Waals surface area contributed by atoms with Gasteiger partial charge in [0, 0.05) is 12.2 Å². The minimum Gasteiger partial charge on any atom is -0.492 e. The summed E-state index contributed by atoms with van der Waals surface area (Å²) in [5.74, 6) is 0.535. The molecule has 7 heteroatoms. The maximum atomic E-state index is 12.3. The van der Waals surface area contributed by atoms with Crippen LogP contribution in [0.5, 0.6) is 5.75 Å². The van der Waals surface area contributed by atoms with E-state index in [-0.39, 0.29) is 11.4 Å². The highest BCUT2D eigenvalue weighted by Gasteiger charge is 2.18. The normalized spacial score (nSPS) is 15.5. The van der Waals surface area contributed by atoms with Gasteiger partial charge in [0.05, 0.1) is 11.7 Å². The van der Waals surface area contributed by atoms with Gasteiger partial charge in [0.1, 0.15) is 12.4 Å². The number of ether oxygens (including phenoxy) is 1. The number of aromatic nitrogens is 3. The Morgan fingerprint density at radius 1 is 1.15 bits per heavy atom. The Morgan fingerprint density at radius 2 is 1.85 bits per heavy atom. The lowest BCUT2D eigenvalue weighted by Crippen LogP contribution is -2.33. The van der Waals surface area contributed by atoms with Gasteiger partial charge in [-0.2, -0.15) is 0 Å². The van der Waals surface area contributed by atoms with Crippen LogP contribution < -0.4 is 10.1 Å². The quantitative estimate of drug-likeness (QED) is 0.844. The lowest BCUT2D eigenvalue weighted by Gasteiger charge is -2.26. The molecular weight excluding hydrogens is 342 g/mol. The highest BCUT2D eigenvalue weighted by atomic mass is 16.5. The maximum Gasteiger partial charge on any atom is 0.277 e. The molecule has 0 radical (unpaired) electrons. The highest BCUT2D eigenvalue weighted by molar-refractivity contribution is 6.02. The second-order valence-electron chi connectivity index (χ2n) is 7.95. The summed E-state index contributed by atoms with van der Waals surface area (Å²) in [4.78, 5) is 14.8. The first-order valence-electron chi connectivity index (χ1n) is 9.61. The van der Waals surface area contributed by atoms with Gasteiger partial charge < -0.3 is 10.1 Å². The van der Waals surface area contributed by atoms with Crippen molar-refractivity contribution in [3.63, 3.8) is 0 Å². The first-order valence-corrected chi connectivity index (χ1v) is 9.61. The van der Waals surface area contributed by atoms with E-state index >= 15 is 0 Å². The van der Waals surface area contributed by atoms with Gasteiger partial charge in [-0.25, -0.2) is 4.68 Å². The number of likely N-dealkylation sites (tertiary alicyclic amines) is 1. The number of rotatable bonds is 6. The van der Waals surface area contributed by atoms with Crippen molar-refractivity contribution in [2.75, 3.05) is 31.6 Å². The van der Waals surface area contributed by atoms with Gasteiger partial charge in [-0.3, -0.25) is 9.69 Å². The zero-order chi connectivity index (χ0) is 19.3. The van der Waals surface area contributed by atoms with Crippen molar-refractivity contribution < 1.29 is 9.53 Å². The van der Waals surface area contributed by atoms with E-state index < -0.39 is 0 Å². The second kappa shape index (κ2) is 8.52. The smallest absolute Gasteiger partial charge is 0.277 e. The van der Waals surface area contributed by atoms with E-state index in [1.54, 1.807) is 10.9 Å². The summed E-state index contributed by atoms with van der Waals surface area (Å²) in [7, 11) is 0. The van der Waals surface area contributed by atoms with Crippen LogP contribution in [0, 0.1) is 0 Å². The van der Waals surface area contributed by atoms with E-state index in [0.717, 1.165) is 12.3 Å². The summed E-state index contributed by atoms with van der Waals surface area (Å²) in [6.45, 7) is 10.0. The molecule has 1 N–H and O–H groups in total. The van der Waals surface area contributed by atoms with Gasteiger partial charge in [-0.1, -0.05) is 11.6 Å². The monoisotopic (exact) mass is 371 g/mol. The summed E-state index contributed by atoms with van der Waals surface area (Å²) in [5.41, 5.74) is 0.791. The summed E-state index contributed by atoms with van der Waals surface area (Å²) < 4.78 is 7.50. The topological polar surface area (TPSA) is 72.3 Å². The van der Waals surface area contributed by atoms with Gasteiger partial charge in [-0.05, 0) is 71.0 Å². The SMILES string of the molecule is CC(C)(C)n1cc(C(=O)Nc2ccc(OCCN3CCCCC3)cc2)nn1. The fourth-order valence-electron chi connectivity index (χ4n) is 3.00. The molecule has 0 unspecified atom stereocenters. The zero-order valence-corrected chi connectivity index (χ0v) is 16.4. The number of carbonyl (C=O) groups is 1. The first-order chi connectivity index (χ1) is 12.9. The van der Waals surface area contributed by atoms with Gasteiger partial charge in [0.25, 0.3) is 5.91 Å². The molecule has 27 heavy (non-hydrogen) atoms. The third kappa shape index (κ3) is 5.53. The van der Waals surface area contributed by atoms with E-state index in [1.807, 2.05) is 45.0 Å². The van der Waals surface area contributed by atoms with Crippen LogP contribution in [0.15, 0.2) is 30.5 Å². The van der Waals surface area contributed by atoms with Crippen molar-refractivity contribution in [3.8, 4) is 5.75 Å². The Hall–Kier alpha value is -2.41. The molecule has 2 heterocycles. The van der Waals surface area contributed by atoms with Crippen LogP contribution >= 0.6 is 0 Å². The van der Waals surface area contributed by atoms with Crippen molar-refractivity contribution in [2.24, 2.45) is 0 Å². The van der Waals surface area contributed by atoms with Crippen LogP contribution in [0.25, 0.3) is 0 Å². The average Bonchev–Trinajstić information content (AvgIpc) is 3.15. The number of hydrogen-bond donors (Lipinski definition) is 1. The molecule has 1 aromatic carbocycles. The van der Waals surface area contributed by atoms with Crippen LogP contribution in [-0.2, 0) is 5.54 Å². The molecule has 1 aromatic heterocycles. The van der Waals surface area contributed by atoms with Crippen LogP contribution in [0.1, 0.15) is 50.5 Å². The largest absolute Gasteiger partial charge is 0.492 e. The summed E-state index contributed by atoms with van der Waals surface area (Å²) >= 11 is 0. The molecule has 146 valence electrons. The average molecular weight is 371 g/mol. The van der Waals surface area contributed by atoms with Crippen molar-refractivity contribution >= 4 is 11.6 Å². The third-order valence-corrected chi connectivity index (χ3v) is 4.65. The lowest BCUT2D eigenvalue weighted by molar-refractivity contribution is 0.102. The molecule has 7 nitrogen and oxygen atoms in total. The highest BCUT2D eigenvalue weighted by Crippen LogP contribution is 2.17. The van der Waals surface area contributed by atoms with Gasteiger partial charge in [-0.15, -0.1) is 5.10 Å².